The van der Waals surface area contributed by atoms with Crippen molar-refractivity contribution in [2.24, 2.45) is 0 Å². The molecule has 4 nitrogen and oxygen atoms in total. The van der Waals surface area contributed by atoms with Crippen LogP contribution in [0.1, 0.15) is 18.5 Å². The molecule has 0 heterocycles. The molecule has 0 radical (unpaired) electrons. The summed E-state index contributed by atoms with van der Waals surface area (Å²) in [5.41, 5.74) is 0.909. The van der Waals surface area contributed by atoms with Crippen molar-refractivity contribution in [2.75, 3.05) is 7.11 Å². The monoisotopic (exact) mass is 341 g/mol. The molecule has 0 amide bonds. The fraction of sp³-hybridized carbons (Fsp3) is 0.158. The summed E-state index contributed by atoms with van der Waals surface area (Å²) < 4.78 is 33.2. The van der Waals surface area contributed by atoms with Crippen LogP contribution in [-0.2, 0) is 10.0 Å². The number of methoxy groups -OCH3 is 1. The highest BCUT2D eigenvalue weighted by molar-refractivity contribution is 7.89. The van der Waals surface area contributed by atoms with Gasteiger partial charge >= 0.3 is 0 Å². The molecule has 1 N–H and O–H groups in total. The van der Waals surface area contributed by atoms with Crippen molar-refractivity contribution in [1.82, 2.24) is 4.72 Å². The van der Waals surface area contributed by atoms with E-state index in [2.05, 4.69) is 4.72 Å². The highest BCUT2D eigenvalue weighted by Gasteiger charge is 2.22. The van der Waals surface area contributed by atoms with Crippen LogP contribution < -0.4 is 9.46 Å². The van der Waals surface area contributed by atoms with Crippen LogP contribution in [0.15, 0.2) is 71.6 Å². The molecule has 0 fully saturated rings. The number of para-hydroxylation sites is 1. The lowest BCUT2D eigenvalue weighted by Gasteiger charge is -2.16. The van der Waals surface area contributed by atoms with E-state index < -0.39 is 10.0 Å². The van der Waals surface area contributed by atoms with Crippen LogP contribution in [0, 0.1) is 0 Å². The Kier molecular flexibility index (Phi) is 4.55. The zero-order chi connectivity index (χ0) is 17.2. The molecule has 0 aromatic heterocycles. The molecule has 124 valence electrons. The smallest absolute Gasteiger partial charge is 0.244 e. The van der Waals surface area contributed by atoms with E-state index in [4.69, 9.17) is 4.74 Å². The maximum absolute atomic E-state index is 12.7. The lowest BCUT2D eigenvalue weighted by molar-refractivity contribution is 0.402. The van der Waals surface area contributed by atoms with Crippen LogP contribution >= 0.6 is 0 Å². The molecule has 0 saturated carbocycles. The first-order valence-electron chi connectivity index (χ1n) is 7.65. The van der Waals surface area contributed by atoms with E-state index in [1.54, 1.807) is 18.2 Å². The van der Waals surface area contributed by atoms with Gasteiger partial charge in [-0.1, -0.05) is 48.5 Å². The van der Waals surface area contributed by atoms with Crippen LogP contribution in [0.25, 0.3) is 10.8 Å². The quantitative estimate of drug-likeness (QED) is 0.766. The maximum atomic E-state index is 12.7. The van der Waals surface area contributed by atoms with Gasteiger partial charge < -0.3 is 4.74 Å². The predicted octanol–water partition coefficient (Wildman–Crippen LogP) is 3.89. The third-order valence-electron chi connectivity index (χ3n) is 3.96. The van der Waals surface area contributed by atoms with Crippen molar-refractivity contribution >= 4 is 20.8 Å². The summed E-state index contributed by atoms with van der Waals surface area (Å²) in [6, 6.07) is 20.2. The summed E-state index contributed by atoms with van der Waals surface area (Å²) in [7, 11) is -2.22. The molecule has 3 aromatic rings. The third-order valence-corrected chi connectivity index (χ3v) is 5.54. The maximum Gasteiger partial charge on any atom is 0.244 e. The second-order valence-electron chi connectivity index (χ2n) is 5.60. The average molecular weight is 341 g/mol. The largest absolute Gasteiger partial charge is 0.495 e. The van der Waals surface area contributed by atoms with Gasteiger partial charge in [0.25, 0.3) is 0 Å². The van der Waals surface area contributed by atoms with Gasteiger partial charge in [-0.15, -0.1) is 0 Å². The summed E-state index contributed by atoms with van der Waals surface area (Å²) in [5.74, 6) is 0.329. The Morgan fingerprint density at radius 2 is 1.58 bits per heavy atom. The molecule has 0 aliphatic rings. The number of benzene rings is 3. The highest BCUT2D eigenvalue weighted by atomic mass is 32.2. The van der Waals surface area contributed by atoms with Crippen molar-refractivity contribution in [1.29, 1.82) is 0 Å². The molecule has 24 heavy (non-hydrogen) atoms. The second kappa shape index (κ2) is 6.63. The minimum Gasteiger partial charge on any atom is -0.495 e. The second-order valence-corrected chi connectivity index (χ2v) is 7.28. The van der Waals surface area contributed by atoms with E-state index in [-0.39, 0.29) is 10.9 Å². The van der Waals surface area contributed by atoms with E-state index in [0.717, 1.165) is 16.3 Å². The minimum absolute atomic E-state index is 0.139. The standard InChI is InChI=1S/C19H19NO3S/c1-14(16-12-11-15-7-3-4-8-17(15)13-16)20-24(21,22)19-10-6-5-9-18(19)23-2/h3-14,20H,1-2H3/t14-/m1/s1. The summed E-state index contributed by atoms with van der Waals surface area (Å²) in [6.45, 7) is 1.83. The van der Waals surface area contributed by atoms with Crippen LogP contribution in [0.2, 0.25) is 0 Å². The molecule has 0 unspecified atom stereocenters. The SMILES string of the molecule is COc1ccccc1S(=O)(=O)N[C@H](C)c1ccc2ccccc2c1. The number of fused-ring (bicyclic) bond motifs is 1. The van der Waals surface area contributed by atoms with Crippen LogP contribution in [-0.4, -0.2) is 15.5 Å². The van der Waals surface area contributed by atoms with Gasteiger partial charge in [0.2, 0.25) is 10.0 Å². The van der Waals surface area contributed by atoms with Gasteiger partial charge in [0.1, 0.15) is 10.6 Å². The van der Waals surface area contributed by atoms with Gasteiger partial charge in [0.15, 0.2) is 0 Å². The number of hydrogen-bond donors (Lipinski definition) is 1. The van der Waals surface area contributed by atoms with Crippen molar-refractivity contribution in [3.05, 3.63) is 72.3 Å². The summed E-state index contributed by atoms with van der Waals surface area (Å²) >= 11 is 0. The first-order chi connectivity index (χ1) is 11.5. The molecule has 3 rings (SSSR count). The molecule has 0 saturated heterocycles. The fourth-order valence-electron chi connectivity index (χ4n) is 2.68. The van der Waals surface area contributed by atoms with Crippen molar-refractivity contribution < 1.29 is 13.2 Å². The van der Waals surface area contributed by atoms with E-state index >= 15 is 0 Å². The molecular formula is C19H19NO3S. The highest BCUT2D eigenvalue weighted by Crippen LogP contribution is 2.26. The van der Waals surface area contributed by atoms with Gasteiger partial charge in [-0.25, -0.2) is 13.1 Å². The summed E-state index contributed by atoms with van der Waals surface area (Å²) in [4.78, 5) is 0.139. The Morgan fingerprint density at radius 3 is 2.33 bits per heavy atom. The molecule has 0 aliphatic carbocycles. The number of hydrogen-bond acceptors (Lipinski definition) is 3. The van der Waals surface area contributed by atoms with Crippen molar-refractivity contribution in [2.45, 2.75) is 17.9 Å². The van der Waals surface area contributed by atoms with E-state index in [1.165, 1.54) is 13.2 Å². The van der Waals surface area contributed by atoms with E-state index in [1.807, 2.05) is 49.4 Å². The van der Waals surface area contributed by atoms with Crippen LogP contribution in [0.3, 0.4) is 0 Å². The zero-order valence-electron chi connectivity index (χ0n) is 13.6. The van der Waals surface area contributed by atoms with Crippen LogP contribution in [0.5, 0.6) is 5.75 Å². The van der Waals surface area contributed by atoms with Crippen LogP contribution in [0.4, 0.5) is 0 Å². The Bertz CT molecular complexity index is 967. The Balaban J connectivity index is 1.91. The number of sulfonamides is 1. The molecule has 0 bridgehead atoms. The minimum atomic E-state index is -3.68. The predicted molar refractivity (Wildman–Crippen MR) is 95.7 cm³/mol. The molecule has 3 aromatic carbocycles. The van der Waals surface area contributed by atoms with Gasteiger partial charge in [-0.05, 0) is 41.5 Å². The van der Waals surface area contributed by atoms with Gasteiger partial charge in [0.05, 0.1) is 7.11 Å². The molecule has 0 aliphatic heterocycles. The Hall–Kier alpha value is -2.37. The van der Waals surface area contributed by atoms with Gasteiger partial charge in [0, 0.05) is 6.04 Å². The average Bonchev–Trinajstić information content (AvgIpc) is 2.60. The van der Waals surface area contributed by atoms with E-state index in [9.17, 15) is 8.42 Å². The van der Waals surface area contributed by atoms with Gasteiger partial charge in [-0.3, -0.25) is 0 Å². The lowest BCUT2D eigenvalue weighted by Crippen LogP contribution is -2.27. The zero-order valence-corrected chi connectivity index (χ0v) is 14.4. The van der Waals surface area contributed by atoms with Crippen molar-refractivity contribution in [3.63, 3.8) is 0 Å². The summed E-state index contributed by atoms with van der Waals surface area (Å²) in [6.07, 6.45) is 0. The number of rotatable bonds is 5. The number of ether oxygens (including phenoxy) is 1. The molecule has 0 spiro atoms. The normalized spacial score (nSPS) is 12.9. The van der Waals surface area contributed by atoms with Crippen molar-refractivity contribution in [3.8, 4) is 5.75 Å². The Labute approximate surface area is 142 Å². The molecule has 1 atom stereocenters. The first kappa shape index (κ1) is 16.5. The Morgan fingerprint density at radius 1 is 0.917 bits per heavy atom. The molecule has 5 heteroatoms. The van der Waals surface area contributed by atoms with E-state index in [0.29, 0.717) is 5.75 Å². The van der Waals surface area contributed by atoms with Gasteiger partial charge in [-0.2, -0.15) is 0 Å². The fourth-order valence-corrected chi connectivity index (χ4v) is 4.08. The third kappa shape index (κ3) is 3.27. The topological polar surface area (TPSA) is 55.4 Å². The molecular weight excluding hydrogens is 322 g/mol. The summed E-state index contributed by atoms with van der Waals surface area (Å²) in [5, 5.41) is 2.21. The number of nitrogens with one attached hydrogen (secondary N) is 1. The lowest BCUT2D eigenvalue weighted by atomic mass is 10.0. The first-order valence-corrected chi connectivity index (χ1v) is 9.13.